The van der Waals surface area contributed by atoms with Gasteiger partial charge < -0.3 is 14.2 Å². The molecular weight excluding hydrogens is 504 g/mol. The number of carbonyl (C=O) groups is 6. The molecule has 6 unspecified atom stereocenters. The number of methoxy groups -OCH3 is 1. The number of allylic oxidation sites excluding steroid dienone is 3. The molecule has 0 spiro atoms. The van der Waals surface area contributed by atoms with Gasteiger partial charge in [-0.25, -0.2) is 0 Å². The van der Waals surface area contributed by atoms with Crippen molar-refractivity contribution in [1.29, 1.82) is 0 Å². The third-order valence-electron chi connectivity index (χ3n) is 9.23. The summed E-state index contributed by atoms with van der Waals surface area (Å²) in [6.07, 6.45) is 5.38. The number of hydrogen-bond donors (Lipinski definition) is 0. The van der Waals surface area contributed by atoms with E-state index < -0.39 is 51.3 Å². The molecule has 3 aliphatic rings. The van der Waals surface area contributed by atoms with Crippen molar-refractivity contribution in [3.8, 4) is 0 Å². The summed E-state index contributed by atoms with van der Waals surface area (Å²) in [6.45, 7) is 14.8. The molecule has 9 heteroatoms. The molecule has 0 amide bonds. The highest BCUT2D eigenvalue weighted by Gasteiger charge is 2.67. The van der Waals surface area contributed by atoms with E-state index in [0.717, 1.165) is 0 Å². The fourth-order valence-corrected chi connectivity index (χ4v) is 5.80. The van der Waals surface area contributed by atoms with Gasteiger partial charge >= 0.3 is 17.9 Å². The normalized spacial score (nSPS) is 33.4. The maximum atomic E-state index is 13.6. The second-order valence-electron chi connectivity index (χ2n) is 11.3. The SMILES string of the molecule is C=CC1CC1(C(C)=O)C(=O)OCC(CC)(COC(=O)C1(C(C)=O)CC1C=C)CC(=O)C1(C(=O)OC)CC1C=C. The number of Topliss-reactive ketones (excluding diaryl/α,β-unsaturated/α-hetero) is 3. The van der Waals surface area contributed by atoms with Crippen LogP contribution < -0.4 is 0 Å². The van der Waals surface area contributed by atoms with Crippen molar-refractivity contribution in [3.05, 3.63) is 38.0 Å². The first-order valence-electron chi connectivity index (χ1n) is 13.2. The largest absolute Gasteiger partial charge is 0.468 e. The number of esters is 3. The molecule has 212 valence electrons. The molecule has 3 aliphatic carbocycles. The summed E-state index contributed by atoms with van der Waals surface area (Å²) < 4.78 is 16.2. The van der Waals surface area contributed by atoms with Crippen LogP contribution in [0.15, 0.2) is 38.0 Å². The van der Waals surface area contributed by atoms with Crippen LogP contribution in [0.3, 0.4) is 0 Å². The lowest BCUT2D eigenvalue weighted by molar-refractivity contribution is -0.167. The second kappa shape index (κ2) is 10.7. The Morgan fingerprint density at radius 3 is 1.41 bits per heavy atom. The zero-order valence-electron chi connectivity index (χ0n) is 23.2. The van der Waals surface area contributed by atoms with Gasteiger partial charge in [0.2, 0.25) is 0 Å². The van der Waals surface area contributed by atoms with Crippen LogP contribution in [-0.4, -0.2) is 55.6 Å². The average molecular weight is 543 g/mol. The summed E-state index contributed by atoms with van der Waals surface area (Å²) in [7, 11) is 1.20. The summed E-state index contributed by atoms with van der Waals surface area (Å²) in [5, 5.41) is 0. The molecule has 9 nitrogen and oxygen atoms in total. The Morgan fingerprint density at radius 1 is 0.744 bits per heavy atom. The van der Waals surface area contributed by atoms with Gasteiger partial charge in [-0.3, -0.25) is 28.8 Å². The van der Waals surface area contributed by atoms with E-state index >= 15 is 0 Å². The summed E-state index contributed by atoms with van der Waals surface area (Å²) in [4.78, 5) is 77.1. The van der Waals surface area contributed by atoms with Gasteiger partial charge in [0.1, 0.15) is 41.0 Å². The van der Waals surface area contributed by atoms with Crippen molar-refractivity contribution >= 4 is 35.3 Å². The van der Waals surface area contributed by atoms with Gasteiger partial charge in [-0.2, -0.15) is 0 Å². The molecule has 6 atom stereocenters. The predicted octanol–water partition coefficient (Wildman–Crippen LogP) is 3.36. The molecule has 3 rings (SSSR count). The fraction of sp³-hybridized carbons (Fsp3) is 0.600. The van der Waals surface area contributed by atoms with Crippen LogP contribution in [-0.2, 0) is 43.0 Å². The number of ketones is 3. The van der Waals surface area contributed by atoms with Gasteiger partial charge in [-0.15, -0.1) is 19.7 Å². The molecule has 0 aliphatic heterocycles. The van der Waals surface area contributed by atoms with Crippen molar-refractivity contribution in [1.82, 2.24) is 0 Å². The van der Waals surface area contributed by atoms with E-state index in [-0.39, 0.29) is 68.7 Å². The van der Waals surface area contributed by atoms with Crippen molar-refractivity contribution in [3.63, 3.8) is 0 Å². The van der Waals surface area contributed by atoms with Crippen LogP contribution in [0.1, 0.15) is 52.9 Å². The summed E-state index contributed by atoms with van der Waals surface area (Å²) in [5.41, 5.74) is -5.25. The van der Waals surface area contributed by atoms with E-state index in [1.807, 2.05) is 0 Å². The Kier molecular flexibility index (Phi) is 8.25. The molecule has 0 saturated heterocycles. The first-order valence-corrected chi connectivity index (χ1v) is 13.2. The fourth-order valence-electron chi connectivity index (χ4n) is 5.80. The van der Waals surface area contributed by atoms with E-state index in [0.29, 0.717) is 0 Å². The van der Waals surface area contributed by atoms with Gasteiger partial charge in [-0.1, -0.05) is 25.2 Å². The molecule has 0 aromatic carbocycles. The van der Waals surface area contributed by atoms with Crippen LogP contribution >= 0.6 is 0 Å². The Morgan fingerprint density at radius 2 is 1.13 bits per heavy atom. The van der Waals surface area contributed by atoms with E-state index in [1.165, 1.54) is 39.2 Å². The Hall–Kier alpha value is -3.36. The lowest BCUT2D eigenvalue weighted by Gasteiger charge is -2.33. The summed E-state index contributed by atoms with van der Waals surface area (Å²) in [6, 6.07) is 0. The van der Waals surface area contributed by atoms with Crippen molar-refractivity contribution in [2.24, 2.45) is 39.4 Å². The molecule has 0 aromatic rings. The first kappa shape index (κ1) is 30.2. The van der Waals surface area contributed by atoms with Crippen LogP contribution in [0.2, 0.25) is 0 Å². The zero-order chi connectivity index (χ0) is 29.4. The number of rotatable bonds is 16. The minimum absolute atomic E-state index is 0.227. The Labute approximate surface area is 229 Å². The predicted molar refractivity (Wildman–Crippen MR) is 140 cm³/mol. The van der Waals surface area contributed by atoms with E-state index in [1.54, 1.807) is 6.92 Å². The molecule has 0 heterocycles. The average Bonchev–Trinajstić information content (AvgIpc) is 3.82. The minimum Gasteiger partial charge on any atom is -0.468 e. The van der Waals surface area contributed by atoms with Gasteiger partial charge in [-0.05, 0) is 39.5 Å². The highest BCUT2D eigenvalue weighted by atomic mass is 16.6. The first-order chi connectivity index (χ1) is 18.3. The number of carbonyl (C=O) groups excluding carboxylic acids is 6. The third-order valence-corrected chi connectivity index (χ3v) is 9.23. The molecule has 3 fully saturated rings. The standard InChI is InChI=1S/C30H38O9/c1-8-20-12-28(20,18(5)31)25(35)38-16-27(11-4,15-23(33)30(24(34)37-7)14-22(30)10-3)17-39-26(36)29(19(6)32)13-21(29)9-2/h8-10,20-22H,1-3,11-17H2,4-7H3. The maximum absolute atomic E-state index is 13.6. The van der Waals surface area contributed by atoms with E-state index in [2.05, 4.69) is 19.7 Å². The lowest BCUT2D eigenvalue weighted by Crippen LogP contribution is -2.42. The molecule has 0 radical (unpaired) electrons. The topological polar surface area (TPSA) is 130 Å². The van der Waals surface area contributed by atoms with Gasteiger partial charge in [0.15, 0.2) is 5.78 Å². The minimum atomic E-state index is -1.40. The number of hydrogen-bond acceptors (Lipinski definition) is 9. The maximum Gasteiger partial charge on any atom is 0.320 e. The lowest BCUT2D eigenvalue weighted by atomic mass is 9.77. The Balaban J connectivity index is 1.87. The number of ether oxygens (including phenoxy) is 3. The summed E-state index contributed by atoms with van der Waals surface area (Å²) >= 11 is 0. The molecular formula is C30H38O9. The van der Waals surface area contributed by atoms with Gasteiger partial charge in [0.25, 0.3) is 0 Å². The van der Waals surface area contributed by atoms with Crippen LogP contribution in [0.5, 0.6) is 0 Å². The molecule has 39 heavy (non-hydrogen) atoms. The monoisotopic (exact) mass is 542 g/mol. The quantitative estimate of drug-likeness (QED) is 0.125. The van der Waals surface area contributed by atoms with E-state index in [4.69, 9.17) is 14.2 Å². The van der Waals surface area contributed by atoms with Crippen LogP contribution in [0.25, 0.3) is 0 Å². The third kappa shape index (κ3) is 4.80. The Bertz CT molecular complexity index is 1080. The van der Waals surface area contributed by atoms with Crippen molar-refractivity contribution in [2.75, 3.05) is 20.3 Å². The van der Waals surface area contributed by atoms with E-state index in [9.17, 15) is 28.8 Å². The molecule has 3 saturated carbocycles. The molecule has 0 bridgehead atoms. The second-order valence-corrected chi connectivity index (χ2v) is 11.3. The van der Waals surface area contributed by atoms with Gasteiger partial charge in [0, 0.05) is 29.6 Å². The zero-order valence-corrected chi connectivity index (χ0v) is 23.2. The van der Waals surface area contributed by atoms with Crippen molar-refractivity contribution in [2.45, 2.75) is 52.9 Å². The smallest absolute Gasteiger partial charge is 0.320 e. The highest BCUT2D eigenvalue weighted by Crippen LogP contribution is 2.58. The van der Waals surface area contributed by atoms with Gasteiger partial charge in [0.05, 0.1) is 7.11 Å². The molecule has 0 aromatic heterocycles. The van der Waals surface area contributed by atoms with Crippen molar-refractivity contribution < 1.29 is 43.0 Å². The summed E-state index contributed by atoms with van der Waals surface area (Å²) in [5.74, 6) is -4.37. The van der Waals surface area contributed by atoms with Crippen LogP contribution in [0.4, 0.5) is 0 Å². The van der Waals surface area contributed by atoms with Crippen LogP contribution in [0, 0.1) is 39.4 Å². The highest BCUT2D eigenvalue weighted by molar-refractivity contribution is 6.09. The molecule has 0 N–H and O–H groups in total.